The highest BCUT2D eigenvalue weighted by atomic mass is 16.1. The van der Waals surface area contributed by atoms with Gasteiger partial charge in [-0.1, -0.05) is 48.0 Å². The molecule has 3 aromatic rings. The molecule has 1 heterocycles. The number of nitriles is 1. The fourth-order valence-electron chi connectivity index (χ4n) is 2.78. The maximum atomic E-state index is 12.9. The monoisotopic (exact) mass is 300 g/mol. The van der Waals surface area contributed by atoms with Crippen molar-refractivity contribution in [3.05, 3.63) is 76.5 Å². The number of para-hydroxylation sites is 1. The number of hydrogen-bond acceptors (Lipinski definition) is 2. The van der Waals surface area contributed by atoms with Gasteiger partial charge < -0.3 is 4.98 Å². The lowest BCUT2D eigenvalue weighted by Crippen LogP contribution is -2.03. The number of H-pyrrole nitrogens is 1. The summed E-state index contributed by atoms with van der Waals surface area (Å²) in [7, 11) is 0. The molecule has 0 aliphatic carbocycles. The topological polar surface area (TPSA) is 56.6 Å². The third kappa shape index (κ3) is 2.79. The number of nitrogens with one attached hydrogen (secondary N) is 1. The Bertz CT molecular complexity index is 971. The average molecular weight is 300 g/mol. The van der Waals surface area contributed by atoms with Gasteiger partial charge in [-0.2, -0.15) is 5.26 Å². The summed E-state index contributed by atoms with van der Waals surface area (Å²) in [6, 6.07) is 17.4. The third-order valence-corrected chi connectivity index (χ3v) is 3.84. The molecule has 0 radical (unpaired) electrons. The molecule has 0 bridgehead atoms. The van der Waals surface area contributed by atoms with Crippen LogP contribution >= 0.6 is 0 Å². The number of aromatic nitrogens is 1. The minimum atomic E-state index is -0.246. The fourth-order valence-corrected chi connectivity index (χ4v) is 2.78. The van der Waals surface area contributed by atoms with Crippen LogP contribution in [0.15, 0.2) is 54.1 Å². The number of fused-ring (bicyclic) bond motifs is 1. The number of hydrogen-bond donors (Lipinski definition) is 1. The summed E-state index contributed by atoms with van der Waals surface area (Å²) in [6.07, 6.45) is 1.65. The van der Waals surface area contributed by atoms with Gasteiger partial charge in [0, 0.05) is 16.6 Å². The van der Waals surface area contributed by atoms with Crippen LogP contribution in [0.5, 0.6) is 0 Å². The zero-order valence-corrected chi connectivity index (χ0v) is 13.1. The maximum Gasteiger partial charge on any atom is 0.205 e. The van der Waals surface area contributed by atoms with E-state index in [-0.39, 0.29) is 11.4 Å². The molecule has 0 amide bonds. The van der Waals surface area contributed by atoms with Crippen molar-refractivity contribution in [3.63, 3.8) is 0 Å². The number of carbonyl (C=O) groups excluding carboxylic acids is 1. The highest BCUT2D eigenvalue weighted by Gasteiger charge is 2.19. The Kier molecular flexibility index (Phi) is 3.82. The van der Waals surface area contributed by atoms with Crippen LogP contribution in [0.3, 0.4) is 0 Å². The van der Waals surface area contributed by atoms with E-state index >= 15 is 0 Å². The minimum Gasteiger partial charge on any atom is -0.358 e. The number of aromatic amines is 1. The average Bonchev–Trinajstić information content (AvgIpc) is 2.87. The molecule has 0 saturated heterocycles. The largest absolute Gasteiger partial charge is 0.358 e. The van der Waals surface area contributed by atoms with Gasteiger partial charge in [-0.3, -0.25) is 4.79 Å². The molecule has 3 heteroatoms. The first-order chi connectivity index (χ1) is 11.1. The van der Waals surface area contributed by atoms with E-state index in [0.717, 1.165) is 27.7 Å². The highest BCUT2D eigenvalue weighted by Crippen LogP contribution is 2.25. The zero-order valence-electron chi connectivity index (χ0n) is 13.1. The lowest BCUT2D eigenvalue weighted by molar-refractivity contribution is 0.104. The van der Waals surface area contributed by atoms with Crippen molar-refractivity contribution < 1.29 is 4.79 Å². The smallest absolute Gasteiger partial charge is 0.205 e. The Labute approximate surface area is 134 Å². The molecular formula is C20H16N2O. The Morgan fingerprint density at radius 3 is 2.65 bits per heavy atom. The molecule has 1 aromatic heterocycles. The molecular weight excluding hydrogens is 284 g/mol. The highest BCUT2D eigenvalue weighted by molar-refractivity contribution is 6.20. The zero-order chi connectivity index (χ0) is 16.4. The summed E-state index contributed by atoms with van der Waals surface area (Å²) in [5, 5.41) is 10.3. The molecule has 23 heavy (non-hydrogen) atoms. The van der Waals surface area contributed by atoms with Crippen LogP contribution in [-0.4, -0.2) is 10.8 Å². The molecule has 0 fully saturated rings. The molecule has 0 aliphatic rings. The van der Waals surface area contributed by atoms with Crippen LogP contribution in [0.4, 0.5) is 0 Å². The minimum absolute atomic E-state index is 0.142. The molecule has 0 spiro atoms. The van der Waals surface area contributed by atoms with E-state index in [1.807, 2.05) is 68.4 Å². The lowest BCUT2D eigenvalue weighted by Gasteiger charge is -2.01. The van der Waals surface area contributed by atoms with E-state index in [4.69, 9.17) is 0 Å². The Morgan fingerprint density at radius 1 is 1.13 bits per heavy atom. The Balaban J connectivity index is 2.10. The quantitative estimate of drug-likeness (QED) is 0.437. The maximum absolute atomic E-state index is 12.9. The molecule has 0 aliphatic heterocycles. The Morgan fingerprint density at radius 2 is 1.91 bits per heavy atom. The summed E-state index contributed by atoms with van der Waals surface area (Å²) >= 11 is 0. The second kappa shape index (κ2) is 5.94. The van der Waals surface area contributed by atoms with Gasteiger partial charge in [0.1, 0.15) is 11.6 Å². The van der Waals surface area contributed by atoms with Crippen LogP contribution in [0.25, 0.3) is 17.0 Å². The van der Waals surface area contributed by atoms with Gasteiger partial charge in [0.15, 0.2) is 0 Å². The second-order valence-corrected chi connectivity index (χ2v) is 5.58. The number of aryl methyl sites for hydroxylation is 2. The van der Waals surface area contributed by atoms with Gasteiger partial charge in [-0.25, -0.2) is 0 Å². The van der Waals surface area contributed by atoms with Crippen molar-refractivity contribution in [1.82, 2.24) is 4.98 Å². The van der Waals surface area contributed by atoms with Gasteiger partial charge in [-0.05, 0) is 31.6 Å². The van der Waals surface area contributed by atoms with Crippen molar-refractivity contribution in [1.29, 1.82) is 5.26 Å². The number of nitrogens with zero attached hydrogens (tertiary/aromatic N) is 1. The van der Waals surface area contributed by atoms with Crippen LogP contribution in [0.2, 0.25) is 0 Å². The van der Waals surface area contributed by atoms with Crippen LogP contribution in [0, 0.1) is 25.2 Å². The van der Waals surface area contributed by atoms with E-state index in [1.165, 1.54) is 0 Å². The summed E-state index contributed by atoms with van der Waals surface area (Å²) < 4.78 is 0. The van der Waals surface area contributed by atoms with Gasteiger partial charge in [0.2, 0.25) is 5.78 Å². The fraction of sp³-hybridized carbons (Fsp3) is 0.100. The van der Waals surface area contributed by atoms with E-state index < -0.39 is 0 Å². The van der Waals surface area contributed by atoms with Crippen molar-refractivity contribution in [3.8, 4) is 6.07 Å². The molecule has 0 unspecified atom stereocenters. The number of allylic oxidation sites excluding steroid dienone is 1. The van der Waals surface area contributed by atoms with Crippen molar-refractivity contribution in [2.75, 3.05) is 0 Å². The first-order valence-electron chi connectivity index (χ1n) is 7.40. The molecule has 112 valence electrons. The SMILES string of the molecule is Cc1cccc(/C=C(/C#N)C(=O)c2c(C)[nH]c3ccccc23)c1. The van der Waals surface area contributed by atoms with Crippen molar-refractivity contribution in [2.45, 2.75) is 13.8 Å². The Hall–Kier alpha value is -3.12. The first kappa shape index (κ1) is 14.8. The van der Waals surface area contributed by atoms with Gasteiger partial charge in [-0.15, -0.1) is 0 Å². The van der Waals surface area contributed by atoms with Gasteiger partial charge in [0.05, 0.1) is 5.56 Å². The molecule has 1 N–H and O–H groups in total. The van der Waals surface area contributed by atoms with E-state index in [0.29, 0.717) is 5.56 Å². The van der Waals surface area contributed by atoms with E-state index in [9.17, 15) is 10.1 Å². The molecule has 3 nitrogen and oxygen atoms in total. The van der Waals surface area contributed by atoms with Crippen molar-refractivity contribution in [2.24, 2.45) is 0 Å². The number of Topliss-reactive ketones (excluding diaryl/α,β-unsaturated/α-hetero) is 1. The van der Waals surface area contributed by atoms with E-state index in [2.05, 4.69) is 4.98 Å². The molecule has 0 saturated carbocycles. The van der Waals surface area contributed by atoms with Crippen LogP contribution < -0.4 is 0 Å². The standard InChI is InChI=1S/C20H16N2O/c1-13-6-5-7-15(10-13)11-16(12-21)20(23)19-14(2)22-18-9-4-3-8-17(18)19/h3-11,22H,1-2H3/b16-11-. The molecule has 2 aromatic carbocycles. The second-order valence-electron chi connectivity index (χ2n) is 5.58. The summed E-state index contributed by atoms with van der Waals surface area (Å²) in [5.74, 6) is -0.246. The number of carbonyl (C=O) groups is 1. The molecule has 3 rings (SSSR count). The number of benzene rings is 2. The third-order valence-electron chi connectivity index (χ3n) is 3.84. The summed E-state index contributed by atoms with van der Waals surface area (Å²) in [5.41, 5.74) is 4.34. The van der Waals surface area contributed by atoms with Gasteiger partial charge >= 0.3 is 0 Å². The van der Waals surface area contributed by atoms with Crippen LogP contribution in [0.1, 0.15) is 27.2 Å². The van der Waals surface area contributed by atoms with Gasteiger partial charge in [0.25, 0.3) is 0 Å². The summed E-state index contributed by atoms with van der Waals surface area (Å²) in [4.78, 5) is 16.1. The lowest BCUT2D eigenvalue weighted by atomic mass is 9.99. The number of rotatable bonds is 3. The first-order valence-corrected chi connectivity index (χ1v) is 7.40. The van der Waals surface area contributed by atoms with Crippen molar-refractivity contribution >= 4 is 22.8 Å². The van der Waals surface area contributed by atoms with Crippen LogP contribution in [-0.2, 0) is 0 Å². The predicted octanol–water partition coefficient (Wildman–Crippen LogP) is 4.57. The number of ketones is 1. The van der Waals surface area contributed by atoms with E-state index in [1.54, 1.807) is 6.08 Å². The summed E-state index contributed by atoms with van der Waals surface area (Å²) in [6.45, 7) is 3.84. The predicted molar refractivity (Wildman–Crippen MR) is 92.1 cm³/mol. The normalized spacial score (nSPS) is 11.4. The molecule has 0 atom stereocenters.